The highest BCUT2D eigenvalue weighted by atomic mass is 19.4. The highest BCUT2D eigenvalue weighted by Crippen LogP contribution is 2.37. The minimum atomic E-state index is -4.24. The first-order valence-electron chi connectivity index (χ1n) is 7.02. The van der Waals surface area contributed by atoms with Crippen molar-refractivity contribution in [2.45, 2.75) is 37.9 Å². The number of halogens is 4. The highest BCUT2D eigenvalue weighted by Gasteiger charge is 2.42. The standard InChI is InChI=1S/C15H17F4NO2/c1-22-13-6-5-9(7-12(13)16)14(21)20-11-4-2-3-10(8-11)15(17,18)19/h5-7,10-11H,2-4,8H2,1H3,(H,20,21)/t10-,11-/m1/s1. The third kappa shape index (κ3) is 3.90. The maximum absolute atomic E-state index is 13.6. The van der Waals surface area contributed by atoms with E-state index in [2.05, 4.69) is 5.32 Å². The topological polar surface area (TPSA) is 38.3 Å². The molecule has 2 rings (SSSR count). The summed E-state index contributed by atoms with van der Waals surface area (Å²) in [6, 6.07) is 3.15. The molecule has 0 saturated heterocycles. The van der Waals surface area contributed by atoms with Crippen molar-refractivity contribution in [1.29, 1.82) is 0 Å². The van der Waals surface area contributed by atoms with Gasteiger partial charge in [0.25, 0.3) is 5.91 Å². The molecule has 0 unspecified atom stereocenters. The second-order valence-corrected chi connectivity index (χ2v) is 5.42. The molecule has 1 aromatic carbocycles. The fraction of sp³-hybridized carbons (Fsp3) is 0.533. The van der Waals surface area contributed by atoms with E-state index in [1.54, 1.807) is 0 Å². The average molecular weight is 319 g/mol. The van der Waals surface area contributed by atoms with Crippen LogP contribution in [0.3, 0.4) is 0 Å². The van der Waals surface area contributed by atoms with E-state index in [0.717, 1.165) is 6.07 Å². The molecule has 3 nitrogen and oxygen atoms in total. The third-order valence-corrected chi connectivity index (χ3v) is 3.89. The van der Waals surface area contributed by atoms with Crippen LogP contribution < -0.4 is 10.1 Å². The van der Waals surface area contributed by atoms with Gasteiger partial charge < -0.3 is 10.1 Å². The second-order valence-electron chi connectivity index (χ2n) is 5.42. The van der Waals surface area contributed by atoms with Crippen molar-refractivity contribution in [2.24, 2.45) is 5.92 Å². The third-order valence-electron chi connectivity index (χ3n) is 3.89. The maximum Gasteiger partial charge on any atom is 0.391 e. The van der Waals surface area contributed by atoms with Crippen molar-refractivity contribution >= 4 is 5.91 Å². The normalized spacial score (nSPS) is 22.2. The largest absolute Gasteiger partial charge is 0.494 e. The van der Waals surface area contributed by atoms with Crippen molar-refractivity contribution in [1.82, 2.24) is 5.32 Å². The van der Waals surface area contributed by atoms with E-state index in [1.165, 1.54) is 19.2 Å². The van der Waals surface area contributed by atoms with E-state index in [-0.39, 0.29) is 24.2 Å². The second kappa shape index (κ2) is 6.54. The van der Waals surface area contributed by atoms with E-state index in [1.807, 2.05) is 0 Å². The number of nitrogens with one attached hydrogen (secondary N) is 1. The van der Waals surface area contributed by atoms with Crippen molar-refractivity contribution in [3.8, 4) is 5.75 Å². The summed E-state index contributed by atoms with van der Waals surface area (Å²) in [5.74, 6) is -2.65. The number of methoxy groups -OCH3 is 1. The van der Waals surface area contributed by atoms with E-state index in [0.29, 0.717) is 12.8 Å². The number of hydrogen-bond donors (Lipinski definition) is 1. The van der Waals surface area contributed by atoms with Gasteiger partial charge in [0.2, 0.25) is 0 Å². The molecule has 0 bridgehead atoms. The SMILES string of the molecule is COc1ccc(C(=O)N[C@@H]2CCC[C@@H](C(F)(F)F)C2)cc1F. The van der Waals surface area contributed by atoms with Crippen molar-refractivity contribution in [2.75, 3.05) is 7.11 Å². The first kappa shape index (κ1) is 16.6. The first-order valence-corrected chi connectivity index (χ1v) is 7.02. The molecule has 1 amide bonds. The summed E-state index contributed by atoms with van der Waals surface area (Å²) in [6.45, 7) is 0. The number of ether oxygens (including phenoxy) is 1. The molecule has 1 aliphatic carbocycles. The summed E-state index contributed by atoms with van der Waals surface area (Å²) < 4.78 is 56.5. The van der Waals surface area contributed by atoms with E-state index >= 15 is 0 Å². The van der Waals surface area contributed by atoms with Crippen molar-refractivity contribution < 1.29 is 27.1 Å². The zero-order valence-electron chi connectivity index (χ0n) is 12.0. The van der Waals surface area contributed by atoms with E-state index in [4.69, 9.17) is 4.74 Å². The zero-order valence-corrected chi connectivity index (χ0v) is 12.0. The number of hydrogen-bond acceptors (Lipinski definition) is 2. The lowest BCUT2D eigenvalue weighted by Crippen LogP contribution is -2.41. The molecule has 7 heteroatoms. The number of alkyl halides is 3. The van der Waals surface area contributed by atoms with Gasteiger partial charge >= 0.3 is 6.18 Å². The fourth-order valence-electron chi connectivity index (χ4n) is 2.69. The lowest BCUT2D eigenvalue weighted by atomic mass is 9.85. The molecule has 0 aromatic heterocycles. The van der Waals surface area contributed by atoms with Gasteiger partial charge in [-0.25, -0.2) is 4.39 Å². The van der Waals surface area contributed by atoms with E-state index < -0.39 is 29.9 Å². The quantitative estimate of drug-likeness (QED) is 0.863. The van der Waals surface area contributed by atoms with Gasteiger partial charge in [0.1, 0.15) is 0 Å². The van der Waals surface area contributed by atoms with Gasteiger partial charge in [-0.2, -0.15) is 13.2 Å². The molecule has 0 heterocycles. The van der Waals surface area contributed by atoms with Crippen LogP contribution in [0.25, 0.3) is 0 Å². The number of amides is 1. The fourth-order valence-corrected chi connectivity index (χ4v) is 2.69. The highest BCUT2D eigenvalue weighted by molar-refractivity contribution is 5.94. The summed E-state index contributed by atoms with van der Waals surface area (Å²) in [5.41, 5.74) is 0.0624. The first-order chi connectivity index (χ1) is 10.3. The van der Waals surface area contributed by atoms with Crippen LogP contribution in [-0.4, -0.2) is 25.2 Å². The Morgan fingerprint density at radius 2 is 2.05 bits per heavy atom. The summed E-state index contributed by atoms with van der Waals surface area (Å²) in [7, 11) is 1.30. The Balaban J connectivity index is 2.01. The van der Waals surface area contributed by atoms with Gasteiger partial charge in [-0.15, -0.1) is 0 Å². The van der Waals surface area contributed by atoms with Gasteiger partial charge in [-0.1, -0.05) is 6.42 Å². The summed E-state index contributed by atoms with van der Waals surface area (Å²) in [4.78, 5) is 12.0. The van der Waals surface area contributed by atoms with E-state index in [9.17, 15) is 22.4 Å². The van der Waals surface area contributed by atoms with Crippen molar-refractivity contribution in [3.63, 3.8) is 0 Å². The Morgan fingerprint density at radius 3 is 2.64 bits per heavy atom. The number of carbonyl (C=O) groups excluding carboxylic acids is 1. The van der Waals surface area contributed by atoms with Crippen LogP contribution in [0, 0.1) is 11.7 Å². The summed E-state index contributed by atoms with van der Waals surface area (Å²) >= 11 is 0. The molecule has 1 aliphatic rings. The summed E-state index contributed by atoms with van der Waals surface area (Å²) in [6.07, 6.45) is -3.38. The Kier molecular flexibility index (Phi) is 4.93. The predicted octanol–water partition coefficient (Wildman–Crippen LogP) is 3.69. The monoisotopic (exact) mass is 319 g/mol. The Morgan fingerprint density at radius 1 is 1.32 bits per heavy atom. The number of benzene rings is 1. The van der Waals surface area contributed by atoms with Gasteiger partial charge in [0.15, 0.2) is 11.6 Å². The van der Waals surface area contributed by atoms with Gasteiger partial charge in [0, 0.05) is 11.6 Å². The van der Waals surface area contributed by atoms with Gasteiger partial charge in [0.05, 0.1) is 13.0 Å². The van der Waals surface area contributed by atoms with Crippen LogP contribution in [0.2, 0.25) is 0 Å². The van der Waals surface area contributed by atoms with Crippen LogP contribution in [0.15, 0.2) is 18.2 Å². The number of carbonyl (C=O) groups is 1. The Hall–Kier alpha value is -1.79. The zero-order chi connectivity index (χ0) is 16.3. The van der Waals surface area contributed by atoms with Gasteiger partial charge in [-0.3, -0.25) is 4.79 Å². The molecule has 0 radical (unpaired) electrons. The minimum absolute atomic E-state index is 0.00588. The minimum Gasteiger partial charge on any atom is -0.494 e. The van der Waals surface area contributed by atoms with Crippen LogP contribution in [0.5, 0.6) is 5.75 Å². The predicted molar refractivity (Wildman–Crippen MR) is 72.2 cm³/mol. The van der Waals surface area contributed by atoms with Gasteiger partial charge in [-0.05, 0) is 37.5 Å². The number of rotatable bonds is 3. The lowest BCUT2D eigenvalue weighted by molar-refractivity contribution is -0.183. The average Bonchev–Trinajstić information content (AvgIpc) is 2.46. The smallest absolute Gasteiger partial charge is 0.391 e. The molecule has 0 spiro atoms. The molecule has 1 aromatic rings. The molecule has 0 aliphatic heterocycles. The molecular formula is C15H17F4NO2. The summed E-state index contributed by atoms with van der Waals surface area (Å²) in [5, 5.41) is 2.56. The van der Waals surface area contributed by atoms with Crippen molar-refractivity contribution in [3.05, 3.63) is 29.6 Å². The molecule has 22 heavy (non-hydrogen) atoms. The molecule has 1 fully saturated rings. The lowest BCUT2D eigenvalue weighted by Gasteiger charge is -2.31. The van der Waals surface area contributed by atoms with Crippen LogP contribution in [-0.2, 0) is 0 Å². The van der Waals surface area contributed by atoms with Crippen LogP contribution in [0.4, 0.5) is 17.6 Å². The van der Waals surface area contributed by atoms with Crippen LogP contribution >= 0.6 is 0 Å². The van der Waals surface area contributed by atoms with Crippen LogP contribution in [0.1, 0.15) is 36.0 Å². The molecule has 1 N–H and O–H groups in total. The molecule has 2 atom stereocenters. The molecule has 1 saturated carbocycles. The Bertz CT molecular complexity index is 545. The molecule has 122 valence electrons. The Labute approximate surface area is 125 Å². The molecular weight excluding hydrogens is 302 g/mol. The maximum atomic E-state index is 13.6.